The zero-order valence-corrected chi connectivity index (χ0v) is 14.5. The number of thiophene rings is 1. The van der Waals surface area contributed by atoms with E-state index in [4.69, 9.17) is 5.73 Å². The molecule has 0 atom stereocenters. The average molecular weight is 390 g/mol. The molecule has 0 unspecified atom stereocenters. The van der Waals surface area contributed by atoms with Gasteiger partial charge in [0.05, 0.1) is 4.90 Å². The van der Waals surface area contributed by atoms with Gasteiger partial charge in [-0.15, -0.1) is 11.3 Å². The third kappa shape index (κ3) is 3.24. The summed E-state index contributed by atoms with van der Waals surface area (Å²) in [7, 11) is -3.51. The zero-order valence-electron chi connectivity index (χ0n) is 11.3. The standard InChI is InChI=1S/C13H16BrN3O2S2/c14-12-3-4-20-13(12)7-16-21(18,19)11-5-10(6-15)17(8-11)9-1-2-9/h3-5,8-9,16H,1-2,6-7,15H2. The number of halogens is 1. The van der Waals surface area contributed by atoms with E-state index >= 15 is 0 Å². The normalized spacial score (nSPS) is 15.5. The largest absolute Gasteiger partial charge is 0.346 e. The lowest BCUT2D eigenvalue weighted by Gasteiger charge is -2.04. The molecule has 114 valence electrons. The van der Waals surface area contributed by atoms with Crippen LogP contribution in [-0.4, -0.2) is 13.0 Å². The smallest absolute Gasteiger partial charge is 0.242 e. The van der Waals surface area contributed by atoms with Crippen molar-refractivity contribution in [2.75, 3.05) is 0 Å². The maximum absolute atomic E-state index is 12.4. The molecule has 0 aliphatic heterocycles. The lowest BCUT2D eigenvalue weighted by molar-refractivity contribution is 0.581. The van der Waals surface area contributed by atoms with Crippen molar-refractivity contribution in [3.05, 3.63) is 38.8 Å². The first-order valence-corrected chi connectivity index (χ1v) is 9.79. The van der Waals surface area contributed by atoms with Gasteiger partial charge in [0, 0.05) is 40.4 Å². The Kier molecular flexibility index (Phi) is 4.24. The van der Waals surface area contributed by atoms with Gasteiger partial charge in [0.25, 0.3) is 0 Å². The van der Waals surface area contributed by atoms with E-state index in [0.29, 0.717) is 17.5 Å². The molecule has 0 saturated heterocycles. The average Bonchev–Trinajstić information content (AvgIpc) is 3.06. The summed E-state index contributed by atoms with van der Waals surface area (Å²) in [6, 6.07) is 3.99. The number of nitrogens with two attached hydrogens (primary N) is 1. The molecule has 0 bridgehead atoms. The molecule has 2 aromatic heterocycles. The molecule has 0 spiro atoms. The minimum atomic E-state index is -3.51. The molecule has 1 fully saturated rings. The van der Waals surface area contributed by atoms with Gasteiger partial charge < -0.3 is 10.3 Å². The van der Waals surface area contributed by atoms with Crippen LogP contribution in [0.15, 0.2) is 33.1 Å². The lowest BCUT2D eigenvalue weighted by Crippen LogP contribution is -2.22. The SMILES string of the molecule is NCc1cc(S(=O)(=O)NCc2sccc2Br)cn1C1CC1. The third-order valence-electron chi connectivity index (χ3n) is 3.48. The lowest BCUT2D eigenvalue weighted by atomic mass is 10.4. The maximum Gasteiger partial charge on any atom is 0.242 e. The van der Waals surface area contributed by atoms with Crippen molar-refractivity contribution >= 4 is 37.3 Å². The van der Waals surface area contributed by atoms with Gasteiger partial charge in [-0.1, -0.05) is 0 Å². The van der Waals surface area contributed by atoms with Gasteiger partial charge in [0.1, 0.15) is 0 Å². The fraction of sp³-hybridized carbons (Fsp3) is 0.385. The van der Waals surface area contributed by atoms with Gasteiger partial charge >= 0.3 is 0 Å². The number of nitrogens with zero attached hydrogens (tertiary/aromatic N) is 1. The topological polar surface area (TPSA) is 77.1 Å². The van der Waals surface area contributed by atoms with Crippen molar-refractivity contribution < 1.29 is 8.42 Å². The Morgan fingerprint density at radius 2 is 2.24 bits per heavy atom. The molecule has 0 radical (unpaired) electrons. The first-order valence-electron chi connectivity index (χ1n) is 6.63. The second kappa shape index (κ2) is 5.85. The number of rotatable bonds is 6. The molecule has 1 aliphatic rings. The van der Waals surface area contributed by atoms with Crippen LogP contribution >= 0.6 is 27.3 Å². The van der Waals surface area contributed by atoms with Crippen LogP contribution in [0.4, 0.5) is 0 Å². The Morgan fingerprint density at radius 3 is 2.81 bits per heavy atom. The van der Waals surface area contributed by atoms with Crippen molar-refractivity contribution in [2.45, 2.75) is 36.9 Å². The van der Waals surface area contributed by atoms with Crippen LogP contribution in [0.3, 0.4) is 0 Å². The molecule has 2 heterocycles. The number of aromatic nitrogens is 1. The molecule has 0 amide bonds. The third-order valence-corrected chi connectivity index (χ3v) is 6.77. The highest BCUT2D eigenvalue weighted by atomic mass is 79.9. The highest BCUT2D eigenvalue weighted by Gasteiger charge is 2.27. The van der Waals surface area contributed by atoms with E-state index in [9.17, 15) is 8.42 Å². The number of nitrogens with one attached hydrogen (secondary N) is 1. The summed E-state index contributed by atoms with van der Waals surface area (Å²) in [5, 5.41) is 1.92. The molecule has 2 aromatic rings. The fourth-order valence-corrected chi connectivity index (χ4v) is 4.76. The van der Waals surface area contributed by atoms with Gasteiger partial charge in [-0.3, -0.25) is 0 Å². The molecule has 5 nitrogen and oxygen atoms in total. The molecule has 3 rings (SSSR count). The first-order chi connectivity index (χ1) is 10.0. The quantitative estimate of drug-likeness (QED) is 0.796. The van der Waals surface area contributed by atoms with E-state index in [0.717, 1.165) is 27.9 Å². The summed E-state index contributed by atoms with van der Waals surface area (Å²) in [6.45, 7) is 0.635. The summed E-state index contributed by atoms with van der Waals surface area (Å²) in [6.07, 6.45) is 3.89. The van der Waals surface area contributed by atoms with Crippen molar-refractivity contribution in [3.63, 3.8) is 0 Å². The van der Waals surface area contributed by atoms with Crippen LogP contribution in [0.25, 0.3) is 0 Å². The van der Waals surface area contributed by atoms with Crippen LogP contribution in [-0.2, 0) is 23.1 Å². The van der Waals surface area contributed by atoms with E-state index in [2.05, 4.69) is 20.7 Å². The number of hydrogen-bond donors (Lipinski definition) is 2. The molecular formula is C13H16BrN3O2S2. The highest BCUT2D eigenvalue weighted by Crippen LogP contribution is 2.37. The predicted octanol–water partition coefficient (Wildman–Crippen LogP) is 2.58. The molecule has 1 saturated carbocycles. The van der Waals surface area contributed by atoms with Gasteiger partial charge in [-0.2, -0.15) is 0 Å². The minimum absolute atomic E-state index is 0.285. The summed E-state index contributed by atoms with van der Waals surface area (Å²) in [5.41, 5.74) is 6.57. The molecular weight excluding hydrogens is 374 g/mol. The van der Waals surface area contributed by atoms with Crippen molar-refractivity contribution in [3.8, 4) is 0 Å². The van der Waals surface area contributed by atoms with E-state index in [1.807, 2.05) is 16.0 Å². The van der Waals surface area contributed by atoms with Crippen LogP contribution in [0.1, 0.15) is 29.5 Å². The summed E-state index contributed by atoms with van der Waals surface area (Å²) in [5.74, 6) is 0. The maximum atomic E-state index is 12.4. The van der Waals surface area contributed by atoms with Gasteiger partial charge in [0.2, 0.25) is 10.0 Å². The minimum Gasteiger partial charge on any atom is -0.346 e. The van der Waals surface area contributed by atoms with E-state index in [-0.39, 0.29) is 6.54 Å². The zero-order chi connectivity index (χ0) is 15.0. The van der Waals surface area contributed by atoms with E-state index in [1.165, 1.54) is 11.3 Å². The monoisotopic (exact) mass is 389 g/mol. The molecule has 3 N–H and O–H groups in total. The summed E-state index contributed by atoms with van der Waals surface area (Å²) in [4.78, 5) is 1.25. The van der Waals surface area contributed by atoms with Gasteiger partial charge in [-0.25, -0.2) is 13.1 Å². The molecule has 21 heavy (non-hydrogen) atoms. The Bertz CT molecular complexity index is 747. The van der Waals surface area contributed by atoms with E-state index in [1.54, 1.807) is 12.3 Å². The Morgan fingerprint density at radius 1 is 1.48 bits per heavy atom. The van der Waals surface area contributed by atoms with Crippen LogP contribution in [0, 0.1) is 0 Å². The molecule has 0 aromatic carbocycles. The van der Waals surface area contributed by atoms with E-state index < -0.39 is 10.0 Å². The van der Waals surface area contributed by atoms with Crippen molar-refractivity contribution in [2.24, 2.45) is 5.73 Å². The Balaban J connectivity index is 1.79. The van der Waals surface area contributed by atoms with Gasteiger partial charge in [0.15, 0.2) is 0 Å². The van der Waals surface area contributed by atoms with Crippen molar-refractivity contribution in [1.82, 2.24) is 9.29 Å². The first kappa shape index (κ1) is 15.2. The fourth-order valence-electron chi connectivity index (χ4n) is 2.20. The second-order valence-corrected chi connectivity index (χ2v) is 8.65. The Labute approximate surface area is 136 Å². The summed E-state index contributed by atoms with van der Waals surface area (Å²) >= 11 is 4.91. The molecule has 1 aliphatic carbocycles. The van der Waals surface area contributed by atoms with Crippen LogP contribution in [0.5, 0.6) is 0 Å². The molecule has 8 heteroatoms. The number of hydrogen-bond acceptors (Lipinski definition) is 4. The van der Waals surface area contributed by atoms with Crippen LogP contribution in [0.2, 0.25) is 0 Å². The predicted molar refractivity (Wildman–Crippen MR) is 86.6 cm³/mol. The summed E-state index contributed by atoms with van der Waals surface area (Å²) < 4.78 is 30.3. The van der Waals surface area contributed by atoms with Gasteiger partial charge in [-0.05, 0) is 46.3 Å². The highest BCUT2D eigenvalue weighted by molar-refractivity contribution is 9.10. The second-order valence-electron chi connectivity index (χ2n) is 5.03. The Hall–Kier alpha value is -0.670. The number of sulfonamides is 1. The van der Waals surface area contributed by atoms with Crippen molar-refractivity contribution in [1.29, 1.82) is 0 Å². The van der Waals surface area contributed by atoms with Crippen LogP contribution < -0.4 is 10.5 Å².